The van der Waals surface area contributed by atoms with Crippen molar-refractivity contribution in [2.45, 2.75) is 0 Å². The van der Waals surface area contributed by atoms with Crippen LogP contribution in [0.15, 0.2) is 21.4 Å². The maximum atomic E-state index is 14.3. The smallest absolute Gasteiger partial charge is 0.342 e. The number of aromatic amines is 1. The fraction of sp³-hybridized carbons (Fsp3) is 0. The first-order valence-electron chi connectivity index (χ1n) is 5.83. The van der Waals surface area contributed by atoms with Crippen LogP contribution >= 0.6 is 15.9 Å². The first kappa shape index (κ1) is 16.6. The molecule has 1 aromatic carbocycles. The van der Waals surface area contributed by atoms with E-state index in [2.05, 4.69) is 15.9 Å². The number of nitrogens with one attached hydrogen (secondary N) is 1. The molecule has 10 heteroatoms. The molecule has 0 fully saturated rings. The first-order chi connectivity index (χ1) is 10.7. The van der Waals surface area contributed by atoms with Crippen molar-refractivity contribution in [3.05, 3.63) is 49.7 Å². The van der Waals surface area contributed by atoms with Crippen molar-refractivity contribution >= 4 is 33.7 Å². The van der Waals surface area contributed by atoms with Gasteiger partial charge >= 0.3 is 11.9 Å². The highest BCUT2D eigenvalue weighted by Gasteiger charge is 2.29. The standard InChI is InChI=1S/C13H7BrF2N2O5/c14-8-4(15)2-1-3(9(8)16)5-6(12(20)21)10(17)18-11(19)7(5)13(22)23/h1-2H,(H,20,21)(H,22,23)(H3,17,18,19). The van der Waals surface area contributed by atoms with Crippen LogP contribution in [0.2, 0.25) is 0 Å². The summed E-state index contributed by atoms with van der Waals surface area (Å²) in [5.74, 6) is -6.38. The third-order valence-electron chi connectivity index (χ3n) is 2.98. The van der Waals surface area contributed by atoms with Gasteiger partial charge in [-0.05, 0) is 28.1 Å². The van der Waals surface area contributed by atoms with E-state index in [4.69, 9.17) is 10.8 Å². The molecule has 0 radical (unpaired) electrons. The van der Waals surface area contributed by atoms with Crippen molar-refractivity contribution in [2.24, 2.45) is 0 Å². The van der Waals surface area contributed by atoms with Gasteiger partial charge < -0.3 is 20.9 Å². The van der Waals surface area contributed by atoms with E-state index in [1.165, 1.54) is 0 Å². The highest BCUT2D eigenvalue weighted by molar-refractivity contribution is 9.10. The number of aromatic nitrogens is 1. The molecule has 0 bridgehead atoms. The number of rotatable bonds is 3. The van der Waals surface area contributed by atoms with Crippen molar-refractivity contribution in [1.82, 2.24) is 4.98 Å². The number of pyridine rings is 1. The summed E-state index contributed by atoms with van der Waals surface area (Å²) >= 11 is 2.63. The Morgan fingerprint density at radius 3 is 2.22 bits per heavy atom. The molecule has 23 heavy (non-hydrogen) atoms. The van der Waals surface area contributed by atoms with Gasteiger partial charge in [0.25, 0.3) is 5.56 Å². The van der Waals surface area contributed by atoms with Gasteiger partial charge in [-0.25, -0.2) is 18.4 Å². The molecule has 0 aliphatic rings. The SMILES string of the molecule is Nc1[nH]c(=O)c(C(=O)O)c(-c2ccc(F)c(Br)c2F)c1C(=O)O. The second-order valence-electron chi connectivity index (χ2n) is 4.33. The van der Waals surface area contributed by atoms with Crippen LogP contribution < -0.4 is 11.3 Å². The molecule has 0 aliphatic heterocycles. The second kappa shape index (κ2) is 5.80. The van der Waals surface area contributed by atoms with Crippen LogP contribution in [0.3, 0.4) is 0 Å². The van der Waals surface area contributed by atoms with Gasteiger partial charge in [-0.1, -0.05) is 0 Å². The number of hydrogen-bond acceptors (Lipinski definition) is 4. The topological polar surface area (TPSA) is 133 Å². The summed E-state index contributed by atoms with van der Waals surface area (Å²) in [5, 5.41) is 18.4. The van der Waals surface area contributed by atoms with Gasteiger partial charge in [0.05, 0.1) is 4.47 Å². The molecule has 0 unspecified atom stereocenters. The molecule has 120 valence electrons. The molecule has 2 rings (SSSR count). The number of carboxylic acid groups (broad SMARTS) is 2. The molecule has 0 saturated heterocycles. The summed E-state index contributed by atoms with van der Waals surface area (Å²) in [5.41, 5.74) is 1.03. The lowest BCUT2D eigenvalue weighted by Gasteiger charge is -2.13. The second-order valence-corrected chi connectivity index (χ2v) is 5.12. The van der Waals surface area contributed by atoms with Gasteiger partial charge in [-0.15, -0.1) is 0 Å². The maximum absolute atomic E-state index is 14.3. The number of aromatic carboxylic acids is 2. The Morgan fingerprint density at radius 2 is 1.70 bits per heavy atom. The average Bonchev–Trinajstić information content (AvgIpc) is 2.43. The number of halogens is 3. The van der Waals surface area contributed by atoms with E-state index in [0.717, 1.165) is 12.1 Å². The average molecular weight is 389 g/mol. The lowest BCUT2D eigenvalue weighted by atomic mass is 9.95. The van der Waals surface area contributed by atoms with Crippen LogP contribution in [0.5, 0.6) is 0 Å². The van der Waals surface area contributed by atoms with Gasteiger partial charge in [-0.2, -0.15) is 0 Å². The normalized spacial score (nSPS) is 10.6. The van der Waals surface area contributed by atoms with Crippen LogP contribution in [-0.2, 0) is 0 Å². The van der Waals surface area contributed by atoms with Crippen molar-refractivity contribution < 1.29 is 28.6 Å². The Labute approximate surface area is 134 Å². The molecule has 2 aromatic rings. The van der Waals surface area contributed by atoms with Crippen molar-refractivity contribution in [1.29, 1.82) is 0 Å². The molecule has 0 spiro atoms. The fourth-order valence-corrected chi connectivity index (χ4v) is 2.38. The number of carboxylic acids is 2. The monoisotopic (exact) mass is 388 g/mol. The van der Waals surface area contributed by atoms with Gasteiger partial charge in [0.2, 0.25) is 0 Å². The van der Waals surface area contributed by atoms with Crippen LogP contribution in [0, 0.1) is 11.6 Å². The van der Waals surface area contributed by atoms with E-state index in [0.29, 0.717) is 0 Å². The van der Waals surface area contributed by atoms with Gasteiger partial charge in [0.15, 0.2) is 0 Å². The highest BCUT2D eigenvalue weighted by atomic mass is 79.9. The molecule has 0 saturated carbocycles. The molecule has 0 aliphatic carbocycles. The Morgan fingerprint density at radius 1 is 1.13 bits per heavy atom. The summed E-state index contributed by atoms with van der Waals surface area (Å²) < 4.78 is 27.0. The number of hydrogen-bond donors (Lipinski definition) is 4. The van der Waals surface area contributed by atoms with Crippen LogP contribution in [0.1, 0.15) is 20.7 Å². The summed E-state index contributed by atoms with van der Waals surface area (Å²) in [4.78, 5) is 36.3. The van der Waals surface area contributed by atoms with Crippen molar-refractivity contribution in [2.75, 3.05) is 5.73 Å². The zero-order valence-electron chi connectivity index (χ0n) is 11.0. The van der Waals surface area contributed by atoms with E-state index >= 15 is 0 Å². The number of nitrogens with two attached hydrogens (primary N) is 1. The van der Waals surface area contributed by atoms with Gasteiger partial charge in [0, 0.05) is 11.1 Å². The Hall–Kier alpha value is -2.75. The van der Waals surface area contributed by atoms with Crippen LogP contribution in [-0.4, -0.2) is 27.1 Å². The van der Waals surface area contributed by atoms with Gasteiger partial charge in [0.1, 0.15) is 28.6 Å². The summed E-state index contributed by atoms with van der Waals surface area (Å²) in [6.45, 7) is 0. The predicted molar refractivity (Wildman–Crippen MR) is 78.4 cm³/mol. The highest BCUT2D eigenvalue weighted by Crippen LogP contribution is 2.34. The molecular formula is C13H7BrF2N2O5. The summed E-state index contributed by atoms with van der Waals surface area (Å²) in [7, 11) is 0. The number of carbonyl (C=O) groups is 2. The lowest BCUT2D eigenvalue weighted by Crippen LogP contribution is -2.24. The van der Waals surface area contributed by atoms with Gasteiger partial charge in [-0.3, -0.25) is 4.79 Å². The minimum absolute atomic E-state index is 0.592. The molecule has 0 amide bonds. The zero-order chi connectivity index (χ0) is 17.5. The van der Waals surface area contributed by atoms with E-state index < -0.39 is 61.7 Å². The Kier molecular flexibility index (Phi) is 4.19. The largest absolute Gasteiger partial charge is 0.478 e. The number of anilines is 1. The summed E-state index contributed by atoms with van der Waals surface area (Å²) in [6.07, 6.45) is 0. The van der Waals surface area contributed by atoms with E-state index in [-0.39, 0.29) is 0 Å². The lowest BCUT2D eigenvalue weighted by molar-refractivity contribution is 0.0695. The first-order valence-corrected chi connectivity index (χ1v) is 6.62. The molecule has 5 N–H and O–H groups in total. The fourth-order valence-electron chi connectivity index (χ4n) is 2.04. The molecular weight excluding hydrogens is 382 g/mol. The van der Waals surface area contributed by atoms with E-state index in [1.807, 2.05) is 4.98 Å². The van der Waals surface area contributed by atoms with Crippen molar-refractivity contribution in [3.8, 4) is 11.1 Å². The van der Waals surface area contributed by atoms with Crippen LogP contribution in [0.25, 0.3) is 11.1 Å². The Balaban J connectivity index is 3.07. The molecule has 7 nitrogen and oxygen atoms in total. The zero-order valence-corrected chi connectivity index (χ0v) is 12.6. The van der Waals surface area contributed by atoms with Crippen LogP contribution in [0.4, 0.5) is 14.6 Å². The molecule has 1 aromatic heterocycles. The maximum Gasteiger partial charge on any atom is 0.342 e. The minimum Gasteiger partial charge on any atom is -0.478 e. The number of H-pyrrole nitrogens is 1. The minimum atomic E-state index is -1.79. The Bertz CT molecular complexity index is 910. The predicted octanol–water partition coefficient (Wildman–Crippen LogP) is 2.06. The van der Waals surface area contributed by atoms with E-state index in [1.54, 1.807) is 0 Å². The molecule has 0 atom stereocenters. The number of nitrogen functional groups attached to an aromatic ring is 1. The quantitative estimate of drug-likeness (QED) is 0.594. The van der Waals surface area contributed by atoms with Crippen molar-refractivity contribution in [3.63, 3.8) is 0 Å². The third-order valence-corrected chi connectivity index (χ3v) is 3.70. The third kappa shape index (κ3) is 2.68. The van der Waals surface area contributed by atoms with E-state index in [9.17, 15) is 28.3 Å². The number of benzene rings is 1. The molecule has 1 heterocycles. The summed E-state index contributed by atoms with van der Waals surface area (Å²) in [6, 6.07) is 1.61.